The van der Waals surface area contributed by atoms with Crippen LogP contribution in [0.1, 0.15) is 22.3 Å². The summed E-state index contributed by atoms with van der Waals surface area (Å²) >= 11 is 0. The first-order valence-corrected chi connectivity index (χ1v) is 6.66. The predicted molar refractivity (Wildman–Crippen MR) is 85.1 cm³/mol. The van der Waals surface area contributed by atoms with Crippen LogP contribution in [0.5, 0.6) is 0 Å². The topological polar surface area (TPSA) is 86.3 Å². The van der Waals surface area contributed by atoms with Gasteiger partial charge in [0.05, 0.1) is 9.85 Å². The zero-order valence-electron chi connectivity index (χ0n) is 13.0. The van der Waals surface area contributed by atoms with Crippen LogP contribution in [0.2, 0.25) is 0 Å². The lowest BCUT2D eigenvalue weighted by Gasteiger charge is -1.99. The van der Waals surface area contributed by atoms with Gasteiger partial charge in [-0.1, -0.05) is 24.3 Å². The molecule has 22 heavy (non-hydrogen) atoms. The van der Waals surface area contributed by atoms with Gasteiger partial charge in [0.2, 0.25) is 0 Å². The summed E-state index contributed by atoms with van der Waals surface area (Å²) in [6, 6.07) is 10.8. The minimum Gasteiger partial charge on any atom is -0.258 e. The maximum atomic E-state index is 10.5. The lowest BCUT2D eigenvalue weighted by Crippen LogP contribution is -1.98. The van der Waals surface area contributed by atoms with Gasteiger partial charge in [-0.3, -0.25) is 20.2 Å². The fourth-order valence-electron chi connectivity index (χ4n) is 1.74. The molecule has 0 aliphatic carbocycles. The second-order valence-electron chi connectivity index (χ2n) is 5.02. The summed E-state index contributed by atoms with van der Waals surface area (Å²) in [5.41, 5.74) is 3.15. The van der Waals surface area contributed by atoms with Gasteiger partial charge in [-0.05, 0) is 49.9 Å². The monoisotopic (exact) mass is 302 g/mol. The number of hydrogen-bond acceptors (Lipinski definition) is 4. The van der Waals surface area contributed by atoms with Crippen molar-refractivity contribution < 1.29 is 9.85 Å². The molecule has 0 aliphatic heterocycles. The molecule has 0 radical (unpaired) electrons. The van der Waals surface area contributed by atoms with Gasteiger partial charge in [-0.15, -0.1) is 0 Å². The van der Waals surface area contributed by atoms with Crippen LogP contribution in [0.3, 0.4) is 0 Å². The van der Waals surface area contributed by atoms with E-state index in [4.69, 9.17) is 0 Å². The Bertz CT molecular complexity index is 651. The van der Waals surface area contributed by atoms with Crippen LogP contribution in [0, 0.1) is 47.9 Å². The summed E-state index contributed by atoms with van der Waals surface area (Å²) in [5, 5.41) is 21.0. The summed E-state index contributed by atoms with van der Waals surface area (Å²) in [6.45, 7) is 7.59. The van der Waals surface area contributed by atoms with Crippen LogP contribution in [0.4, 0.5) is 11.4 Å². The number of benzene rings is 2. The zero-order chi connectivity index (χ0) is 16.9. The van der Waals surface area contributed by atoms with E-state index in [1.807, 2.05) is 0 Å². The van der Waals surface area contributed by atoms with Gasteiger partial charge in [0.25, 0.3) is 0 Å². The first-order valence-electron chi connectivity index (χ1n) is 6.66. The average Bonchev–Trinajstić information content (AvgIpc) is 2.45. The van der Waals surface area contributed by atoms with Crippen molar-refractivity contribution in [2.75, 3.05) is 0 Å². The molecule has 0 N–H and O–H groups in total. The molecule has 0 bridgehead atoms. The van der Waals surface area contributed by atoms with E-state index < -0.39 is 21.2 Å². The molecule has 0 spiro atoms. The number of nitrogens with zero attached hydrogens (tertiary/aromatic N) is 2. The highest BCUT2D eigenvalue weighted by atomic mass is 16.6. The Labute approximate surface area is 128 Å². The van der Waals surface area contributed by atoms with E-state index in [2.05, 4.69) is 38.1 Å². The third-order valence-electron chi connectivity index (χ3n) is 3.41. The van der Waals surface area contributed by atoms with Crippen molar-refractivity contribution in [3.8, 4) is 0 Å². The molecule has 0 atom stereocenters. The van der Waals surface area contributed by atoms with Crippen molar-refractivity contribution in [2.45, 2.75) is 27.7 Å². The van der Waals surface area contributed by atoms with Crippen LogP contribution >= 0.6 is 0 Å². The van der Waals surface area contributed by atoms with E-state index in [9.17, 15) is 20.2 Å². The lowest BCUT2D eigenvalue weighted by molar-refractivity contribution is -0.422. The van der Waals surface area contributed by atoms with E-state index in [1.165, 1.54) is 23.3 Å². The maximum absolute atomic E-state index is 10.5. The highest BCUT2D eigenvalue weighted by Crippen LogP contribution is 2.29. The number of nitro benzene ring substituents is 2. The van der Waals surface area contributed by atoms with Crippen LogP contribution in [-0.4, -0.2) is 9.85 Å². The Kier molecular flexibility index (Phi) is 5.74. The summed E-state index contributed by atoms with van der Waals surface area (Å²) < 4.78 is 0. The number of aryl methyl sites for hydroxylation is 4. The van der Waals surface area contributed by atoms with Gasteiger partial charge < -0.3 is 0 Å². The van der Waals surface area contributed by atoms with E-state index >= 15 is 0 Å². The van der Waals surface area contributed by atoms with Crippen LogP contribution < -0.4 is 0 Å². The van der Waals surface area contributed by atoms with Crippen molar-refractivity contribution >= 4 is 11.4 Å². The van der Waals surface area contributed by atoms with E-state index in [1.54, 1.807) is 13.8 Å². The molecule has 6 nitrogen and oxygen atoms in total. The Hall–Kier alpha value is -2.76. The van der Waals surface area contributed by atoms with Gasteiger partial charge in [0.15, 0.2) is 0 Å². The maximum Gasteiger partial charge on any atom is 0.346 e. The Morgan fingerprint density at radius 1 is 0.682 bits per heavy atom. The number of nitro groups is 2. The van der Waals surface area contributed by atoms with E-state index in [-0.39, 0.29) is 0 Å². The van der Waals surface area contributed by atoms with Crippen molar-refractivity contribution in [1.29, 1.82) is 0 Å². The molecule has 0 saturated carbocycles. The molecule has 2 rings (SSSR count). The van der Waals surface area contributed by atoms with Crippen molar-refractivity contribution in [3.05, 3.63) is 78.9 Å². The van der Waals surface area contributed by atoms with Crippen molar-refractivity contribution in [1.82, 2.24) is 0 Å². The third kappa shape index (κ3) is 4.37. The van der Waals surface area contributed by atoms with Crippen LogP contribution in [0.25, 0.3) is 0 Å². The summed E-state index contributed by atoms with van der Waals surface area (Å²) in [4.78, 5) is 19.5. The summed E-state index contributed by atoms with van der Waals surface area (Å²) in [6.07, 6.45) is 0. The molecule has 0 heterocycles. The molecule has 116 valence electrons. The highest BCUT2D eigenvalue weighted by Gasteiger charge is 2.24. The van der Waals surface area contributed by atoms with Gasteiger partial charge in [0.1, 0.15) is 0 Å². The second-order valence-corrected chi connectivity index (χ2v) is 5.02. The molecular formula is C16H18N2O4. The summed E-state index contributed by atoms with van der Waals surface area (Å²) in [7, 11) is 0. The normalized spacial score (nSPS) is 9.64. The molecule has 0 unspecified atom stereocenters. The Balaban J connectivity index is 0.000000255. The standard InChI is InChI=1S/C8H8N2O4.C8H10/c1-5-3-7(9(11)12)8(10(13)14)4-6(5)2;1-7-5-3-4-6-8(7)2/h3-4H,1-2H3;3-6H,1-2H3. The SMILES string of the molecule is Cc1cc([N+](=O)[O-])c([N+](=O)[O-])cc1C.Cc1ccccc1C. The number of rotatable bonds is 2. The summed E-state index contributed by atoms with van der Waals surface area (Å²) in [5.74, 6) is 0. The molecule has 2 aromatic carbocycles. The molecule has 0 aromatic heterocycles. The molecule has 6 heteroatoms. The fraction of sp³-hybridized carbons (Fsp3) is 0.250. The molecule has 0 aliphatic rings. The Morgan fingerprint density at radius 2 is 1.00 bits per heavy atom. The van der Waals surface area contributed by atoms with Crippen LogP contribution in [0.15, 0.2) is 36.4 Å². The first kappa shape index (κ1) is 17.3. The molecule has 2 aromatic rings. The average molecular weight is 302 g/mol. The largest absolute Gasteiger partial charge is 0.346 e. The molecular weight excluding hydrogens is 284 g/mol. The molecule has 0 fully saturated rings. The van der Waals surface area contributed by atoms with Crippen LogP contribution in [-0.2, 0) is 0 Å². The minimum absolute atomic E-state index is 0.460. The highest BCUT2D eigenvalue weighted by molar-refractivity contribution is 5.56. The Morgan fingerprint density at radius 3 is 1.23 bits per heavy atom. The third-order valence-corrected chi connectivity index (χ3v) is 3.41. The van der Waals surface area contributed by atoms with E-state index in [0.717, 1.165) is 0 Å². The fourth-order valence-corrected chi connectivity index (χ4v) is 1.74. The van der Waals surface area contributed by atoms with E-state index in [0.29, 0.717) is 11.1 Å². The van der Waals surface area contributed by atoms with Crippen molar-refractivity contribution in [2.24, 2.45) is 0 Å². The molecule has 0 saturated heterocycles. The van der Waals surface area contributed by atoms with Gasteiger partial charge in [-0.25, -0.2) is 0 Å². The van der Waals surface area contributed by atoms with Crippen molar-refractivity contribution in [3.63, 3.8) is 0 Å². The lowest BCUT2D eigenvalue weighted by atomic mass is 10.1. The number of hydrogen-bond donors (Lipinski definition) is 0. The van der Waals surface area contributed by atoms with Gasteiger partial charge in [0, 0.05) is 12.1 Å². The minimum atomic E-state index is -0.745. The quantitative estimate of drug-likeness (QED) is 0.606. The predicted octanol–water partition coefficient (Wildman–Crippen LogP) is 4.42. The second kappa shape index (κ2) is 7.31. The zero-order valence-corrected chi connectivity index (χ0v) is 13.0. The van der Waals surface area contributed by atoms with Gasteiger partial charge in [-0.2, -0.15) is 0 Å². The smallest absolute Gasteiger partial charge is 0.258 e. The molecule has 0 amide bonds. The van der Waals surface area contributed by atoms with Gasteiger partial charge >= 0.3 is 11.4 Å². The first-order chi connectivity index (χ1) is 10.2.